The predicted molar refractivity (Wildman–Crippen MR) is 70.8 cm³/mol. The van der Waals surface area contributed by atoms with Crippen LogP contribution in [-0.4, -0.2) is 24.9 Å². The Kier molecular flexibility index (Phi) is 4.80. The van der Waals surface area contributed by atoms with Gasteiger partial charge < -0.3 is 15.2 Å². The Hall–Kier alpha value is -0.770. The number of piperidine rings is 1. The highest BCUT2D eigenvalue weighted by atomic mass is 35.5. The van der Waals surface area contributed by atoms with Crippen molar-refractivity contribution in [3.05, 3.63) is 29.8 Å². The fourth-order valence-electron chi connectivity index (χ4n) is 2.47. The third kappa shape index (κ3) is 2.92. The first-order valence-corrected chi connectivity index (χ1v) is 5.72. The van der Waals surface area contributed by atoms with Gasteiger partial charge >= 0.3 is 0 Å². The average molecular weight is 258 g/mol. The first-order valence-electron chi connectivity index (χ1n) is 5.72. The van der Waals surface area contributed by atoms with E-state index in [4.69, 9.17) is 4.74 Å². The number of ether oxygens (including phenoxy) is 1. The molecule has 96 valence electrons. The second-order valence-electron chi connectivity index (χ2n) is 4.61. The van der Waals surface area contributed by atoms with Crippen molar-refractivity contribution in [2.24, 2.45) is 0 Å². The van der Waals surface area contributed by atoms with Gasteiger partial charge in [0.2, 0.25) is 0 Å². The number of para-hydroxylation sites is 1. The van der Waals surface area contributed by atoms with Gasteiger partial charge in [0.25, 0.3) is 0 Å². The maximum absolute atomic E-state index is 9.79. The normalized spacial score (nSPS) is 28.3. The fourth-order valence-corrected chi connectivity index (χ4v) is 2.47. The molecular formula is C13H20ClNO2. The Balaban J connectivity index is 0.00000144. The Morgan fingerprint density at radius 2 is 2.12 bits per heavy atom. The lowest BCUT2D eigenvalue weighted by atomic mass is 9.82. The molecule has 1 aromatic carbocycles. The third-order valence-electron chi connectivity index (χ3n) is 3.34. The first kappa shape index (κ1) is 14.3. The van der Waals surface area contributed by atoms with E-state index in [2.05, 4.69) is 18.3 Å². The molecule has 2 unspecified atom stereocenters. The number of halogens is 1. The van der Waals surface area contributed by atoms with Crippen LogP contribution in [0.3, 0.4) is 0 Å². The van der Waals surface area contributed by atoms with Gasteiger partial charge in [-0.25, -0.2) is 0 Å². The van der Waals surface area contributed by atoms with Crippen LogP contribution in [0.2, 0.25) is 0 Å². The largest absolute Gasteiger partial charge is 0.496 e. The van der Waals surface area contributed by atoms with E-state index in [1.165, 1.54) is 0 Å². The zero-order chi connectivity index (χ0) is 11.6. The SMILES string of the molecule is COc1ccccc1C1(C)CC(O)CCN1.Cl. The van der Waals surface area contributed by atoms with E-state index in [0.717, 1.165) is 30.7 Å². The van der Waals surface area contributed by atoms with Crippen molar-refractivity contribution in [2.75, 3.05) is 13.7 Å². The molecule has 0 saturated carbocycles. The fraction of sp³-hybridized carbons (Fsp3) is 0.538. The molecule has 2 atom stereocenters. The van der Waals surface area contributed by atoms with Crippen molar-refractivity contribution in [3.63, 3.8) is 0 Å². The van der Waals surface area contributed by atoms with Crippen LogP contribution < -0.4 is 10.1 Å². The highest BCUT2D eigenvalue weighted by Gasteiger charge is 2.34. The number of nitrogens with one attached hydrogen (secondary N) is 1. The molecule has 2 rings (SSSR count). The molecule has 1 saturated heterocycles. The van der Waals surface area contributed by atoms with Crippen molar-refractivity contribution in [3.8, 4) is 5.75 Å². The van der Waals surface area contributed by atoms with Gasteiger partial charge in [0, 0.05) is 11.1 Å². The van der Waals surface area contributed by atoms with Gasteiger partial charge in [-0.1, -0.05) is 18.2 Å². The van der Waals surface area contributed by atoms with Crippen LogP contribution in [-0.2, 0) is 5.54 Å². The minimum atomic E-state index is -0.226. The van der Waals surface area contributed by atoms with E-state index in [0.29, 0.717) is 0 Å². The monoisotopic (exact) mass is 257 g/mol. The summed E-state index contributed by atoms with van der Waals surface area (Å²) >= 11 is 0. The highest BCUT2D eigenvalue weighted by molar-refractivity contribution is 5.85. The molecule has 1 aromatic rings. The Morgan fingerprint density at radius 3 is 2.76 bits per heavy atom. The number of aliphatic hydroxyl groups is 1. The zero-order valence-corrected chi connectivity index (χ0v) is 11.1. The second-order valence-corrected chi connectivity index (χ2v) is 4.61. The first-order chi connectivity index (χ1) is 7.65. The molecule has 1 heterocycles. The smallest absolute Gasteiger partial charge is 0.123 e. The van der Waals surface area contributed by atoms with Crippen molar-refractivity contribution < 1.29 is 9.84 Å². The molecule has 4 heteroatoms. The Bertz CT molecular complexity index is 372. The molecule has 0 aromatic heterocycles. The molecule has 1 aliphatic rings. The van der Waals surface area contributed by atoms with Gasteiger partial charge in [-0.05, 0) is 32.4 Å². The van der Waals surface area contributed by atoms with Gasteiger partial charge in [0.05, 0.1) is 13.2 Å². The number of aliphatic hydroxyl groups excluding tert-OH is 1. The van der Waals surface area contributed by atoms with Crippen LogP contribution in [0.15, 0.2) is 24.3 Å². The van der Waals surface area contributed by atoms with Crippen LogP contribution in [0, 0.1) is 0 Å². The molecule has 0 spiro atoms. The van der Waals surface area contributed by atoms with Crippen LogP contribution in [0.5, 0.6) is 5.75 Å². The molecule has 1 aliphatic heterocycles. The van der Waals surface area contributed by atoms with E-state index in [9.17, 15) is 5.11 Å². The lowest BCUT2D eigenvalue weighted by molar-refractivity contribution is 0.0824. The van der Waals surface area contributed by atoms with E-state index in [1.807, 2.05) is 18.2 Å². The number of rotatable bonds is 2. The quantitative estimate of drug-likeness (QED) is 0.852. The van der Waals surface area contributed by atoms with Crippen molar-refractivity contribution >= 4 is 12.4 Å². The Labute approximate surface area is 109 Å². The summed E-state index contributed by atoms with van der Waals surface area (Å²) in [7, 11) is 1.68. The molecule has 0 amide bonds. The summed E-state index contributed by atoms with van der Waals surface area (Å²) in [6.07, 6.45) is 1.33. The molecule has 3 nitrogen and oxygen atoms in total. The molecule has 0 aliphatic carbocycles. The minimum Gasteiger partial charge on any atom is -0.496 e. The lowest BCUT2D eigenvalue weighted by Gasteiger charge is -2.38. The van der Waals surface area contributed by atoms with Crippen LogP contribution in [0.4, 0.5) is 0 Å². The average Bonchev–Trinajstić information content (AvgIpc) is 2.29. The van der Waals surface area contributed by atoms with E-state index in [-0.39, 0.29) is 24.0 Å². The standard InChI is InChI=1S/C13H19NO2.ClH/c1-13(9-10(15)7-8-14-13)11-5-3-4-6-12(11)16-2;/h3-6,10,14-15H,7-9H2,1-2H3;1H. The topological polar surface area (TPSA) is 41.5 Å². The summed E-state index contributed by atoms with van der Waals surface area (Å²) in [5, 5.41) is 13.3. The van der Waals surface area contributed by atoms with E-state index < -0.39 is 0 Å². The van der Waals surface area contributed by atoms with Gasteiger partial charge in [0.15, 0.2) is 0 Å². The summed E-state index contributed by atoms with van der Waals surface area (Å²) < 4.78 is 5.38. The van der Waals surface area contributed by atoms with Gasteiger partial charge in [-0.3, -0.25) is 0 Å². The number of benzene rings is 1. The highest BCUT2D eigenvalue weighted by Crippen LogP contribution is 2.35. The van der Waals surface area contributed by atoms with Crippen LogP contribution in [0.1, 0.15) is 25.3 Å². The summed E-state index contributed by atoms with van der Waals surface area (Å²) in [6.45, 7) is 2.96. The maximum atomic E-state index is 9.79. The summed E-state index contributed by atoms with van der Waals surface area (Å²) in [5.41, 5.74) is 0.931. The zero-order valence-electron chi connectivity index (χ0n) is 10.3. The van der Waals surface area contributed by atoms with Gasteiger partial charge in [0.1, 0.15) is 5.75 Å². The lowest BCUT2D eigenvalue weighted by Crippen LogP contribution is -2.48. The third-order valence-corrected chi connectivity index (χ3v) is 3.34. The van der Waals surface area contributed by atoms with Crippen molar-refractivity contribution in [1.82, 2.24) is 5.32 Å². The molecule has 0 bridgehead atoms. The van der Waals surface area contributed by atoms with Crippen LogP contribution >= 0.6 is 12.4 Å². The predicted octanol–water partition coefficient (Wildman–Crippen LogP) is 2.08. The van der Waals surface area contributed by atoms with Crippen molar-refractivity contribution in [2.45, 2.75) is 31.4 Å². The number of methoxy groups -OCH3 is 1. The van der Waals surface area contributed by atoms with E-state index in [1.54, 1.807) is 7.11 Å². The van der Waals surface area contributed by atoms with Gasteiger partial charge in [-0.15, -0.1) is 12.4 Å². The molecule has 1 fully saturated rings. The van der Waals surface area contributed by atoms with Crippen molar-refractivity contribution in [1.29, 1.82) is 0 Å². The molecular weight excluding hydrogens is 238 g/mol. The minimum absolute atomic E-state index is 0. The van der Waals surface area contributed by atoms with E-state index >= 15 is 0 Å². The molecule has 0 radical (unpaired) electrons. The van der Waals surface area contributed by atoms with Gasteiger partial charge in [-0.2, -0.15) is 0 Å². The molecule has 17 heavy (non-hydrogen) atoms. The second kappa shape index (κ2) is 5.71. The number of hydrogen-bond acceptors (Lipinski definition) is 3. The Morgan fingerprint density at radius 1 is 1.41 bits per heavy atom. The number of hydrogen-bond donors (Lipinski definition) is 2. The summed E-state index contributed by atoms with van der Waals surface area (Å²) in [5.74, 6) is 0.881. The maximum Gasteiger partial charge on any atom is 0.123 e. The summed E-state index contributed by atoms with van der Waals surface area (Å²) in [4.78, 5) is 0. The molecule has 2 N–H and O–H groups in total. The summed E-state index contributed by atoms with van der Waals surface area (Å²) in [6, 6.07) is 7.99. The van der Waals surface area contributed by atoms with Crippen LogP contribution in [0.25, 0.3) is 0 Å².